The Balaban J connectivity index is 2.13. The molecule has 5 nitrogen and oxygen atoms in total. The molecule has 27 heavy (non-hydrogen) atoms. The molecule has 0 aliphatic rings. The van der Waals surface area contributed by atoms with Gasteiger partial charge in [0, 0.05) is 5.39 Å². The van der Waals surface area contributed by atoms with E-state index in [4.69, 9.17) is 18.9 Å². The molecule has 3 aromatic carbocycles. The van der Waals surface area contributed by atoms with Crippen molar-refractivity contribution in [3.8, 4) is 17.2 Å². The Morgan fingerprint density at radius 2 is 1.59 bits per heavy atom. The molecule has 140 valence electrons. The maximum absolute atomic E-state index is 12.3. The monoisotopic (exact) mass is 366 g/mol. The van der Waals surface area contributed by atoms with E-state index in [1.54, 1.807) is 39.3 Å². The van der Waals surface area contributed by atoms with Gasteiger partial charge in [-0.05, 0) is 36.8 Å². The van der Waals surface area contributed by atoms with E-state index in [2.05, 4.69) is 0 Å². The minimum Gasteiger partial charge on any atom is -0.496 e. The van der Waals surface area contributed by atoms with Crippen LogP contribution >= 0.6 is 0 Å². The van der Waals surface area contributed by atoms with Gasteiger partial charge >= 0.3 is 5.97 Å². The van der Waals surface area contributed by atoms with Crippen LogP contribution in [0.2, 0.25) is 0 Å². The van der Waals surface area contributed by atoms with Gasteiger partial charge in [-0.3, -0.25) is 0 Å². The second kappa shape index (κ2) is 8.45. The second-order valence-electron chi connectivity index (χ2n) is 5.86. The summed E-state index contributed by atoms with van der Waals surface area (Å²) >= 11 is 0. The molecule has 3 rings (SSSR count). The zero-order chi connectivity index (χ0) is 19.2. The van der Waals surface area contributed by atoms with Crippen LogP contribution in [0.1, 0.15) is 22.8 Å². The van der Waals surface area contributed by atoms with Crippen molar-refractivity contribution in [2.45, 2.75) is 13.5 Å². The van der Waals surface area contributed by atoms with Gasteiger partial charge in [0.05, 0.1) is 31.8 Å². The number of benzene rings is 3. The van der Waals surface area contributed by atoms with Gasteiger partial charge in [0.15, 0.2) is 0 Å². The molecule has 5 heteroatoms. The zero-order valence-corrected chi connectivity index (χ0v) is 15.7. The highest BCUT2D eigenvalue weighted by Gasteiger charge is 2.18. The predicted molar refractivity (Wildman–Crippen MR) is 104 cm³/mol. The molecule has 0 amide bonds. The van der Waals surface area contributed by atoms with Crippen LogP contribution in [0.15, 0.2) is 54.6 Å². The third-order valence-electron chi connectivity index (χ3n) is 4.19. The van der Waals surface area contributed by atoms with Crippen molar-refractivity contribution in [2.75, 3.05) is 20.8 Å². The summed E-state index contributed by atoms with van der Waals surface area (Å²) in [5.74, 6) is 1.40. The Morgan fingerprint density at radius 1 is 0.889 bits per heavy atom. The van der Waals surface area contributed by atoms with Crippen molar-refractivity contribution in [3.05, 3.63) is 65.7 Å². The van der Waals surface area contributed by atoms with Crippen LogP contribution in [0.25, 0.3) is 10.8 Å². The quantitative estimate of drug-likeness (QED) is 0.572. The number of ether oxygens (including phenoxy) is 4. The predicted octanol–water partition coefficient (Wildman–Crippen LogP) is 4.61. The Labute approximate surface area is 158 Å². The summed E-state index contributed by atoms with van der Waals surface area (Å²) in [5.41, 5.74) is 1.42. The van der Waals surface area contributed by atoms with Crippen LogP contribution in [0.5, 0.6) is 17.2 Å². The SMILES string of the molecule is CCOC(=O)c1cc(OCc2ccccc2)c2c(OC)ccc(OC)c2c1. The molecular formula is C22H22O5. The molecule has 0 saturated carbocycles. The van der Waals surface area contributed by atoms with Gasteiger partial charge in [-0.15, -0.1) is 0 Å². The third kappa shape index (κ3) is 3.97. The molecule has 0 heterocycles. The van der Waals surface area contributed by atoms with Gasteiger partial charge < -0.3 is 18.9 Å². The molecule has 0 radical (unpaired) electrons. The highest BCUT2D eigenvalue weighted by atomic mass is 16.5. The molecule has 0 bridgehead atoms. The van der Waals surface area contributed by atoms with Crippen LogP contribution in [0, 0.1) is 0 Å². The highest BCUT2D eigenvalue weighted by molar-refractivity contribution is 6.03. The van der Waals surface area contributed by atoms with E-state index in [1.165, 1.54) is 0 Å². The van der Waals surface area contributed by atoms with Gasteiger partial charge in [0.2, 0.25) is 0 Å². The fourth-order valence-corrected chi connectivity index (χ4v) is 2.92. The Hall–Kier alpha value is -3.21. The van der Waals surface area contributed by atoms with Crippen LogP contribution in [0.4, 0.5) is 0 Å². The van der Waals surface area contributed by atoms with Gasteiger partial charge in [-0.25, -0.2) is 4.79 Å². The summed E-state index contributed by atoms with van der Waals surface area (Å²) in [6.07, 6.45) is 0. The number of methoxy groups -OCH3 is 2. The van der Waals surface area contributed by atoms with Crippen LogP contribution < -0.4 is 14.2 Å². The average molecular weight is 366 g/mol. The lowest BCUT2D eigenvalue weighted by Gasteiger charge is -2.16. The molecular weight excluding hydrogens is 344 g/mol. The number of fused-ring (bicyclic) bond motifs is 1. The van der Waals surface area contributed by atoms with E-state index in [1.807, 2.05) is 36.4 Å². The molecule has 0 aliphatic heterocycles. The van der Waals surface area contributed by atoms with Crippen LogP contribution in [-0.2, 0) is 11.3 Å². The second-order valence-corrected chi connectivity index (χ2v) is 5.86. The fraction of sp³-hybridized carbons (Fsp3) is 0.227. The van der Waals surface area contributed by atoms with E-state index < -0.39 is 5.97 Å². The first-order chi connectivity index (χ1) is 13.2. The molecule has 0 atom stereocenters. The summed E-state index contributed by atoms with van der Waals surface area (Å²) in [4.78, 5) is 12.3. The smallest absolute Gasteiger partial charge is 0.338 e. The maximum Gasteiger partial charge on any atom is 0.338 e. The average Bonchev–Trinajstić information content (AvgIpc) is 2.71. The van der Waals surface area contributed by atoms with E-state index >= 15 is 0 Å². The van der Waals surface area contributed by atoms with Gasteiger partial charge in [0.25, 0.3) is 0 Å². The Bertz CT molecular complexity index is 934. The van der Waals surface area contributed by atoms with Crippen LogP contribution in [0.3, 0.4) is 0 Å². The lowest BCUT2D eigenvalue weighted by Crippen LogP contribution is -2.06. The summed E-state index contributed by atoms with van der Waals surface area (Å²) in [5, 5.41) is 1.48. The summed E-state index contributed by atoms with van der Waals surface area (Å²) in [6, 6.07) is 16.9. The van der Waals surface area contributed by atoms with E-state index in [0.29, 0.717) is 36.0 Å². The fourth-order valence-electron chi connectivity index (χ4n) is 2.92. The molecule has 0 spiro atoms. The van der Waals surface area contributed by atoms with Crippen molar-refractivity contribution < 1.29 is 23.7 Å². The van der Waals surface area contributed by atoms with E-state index in [9.17, 15) is 4.79 Å². The first-order valence-electron chi connectivity index (χ1n) is 8.70. The molecule has 0 unspecified atom stereocenters. The largest absolute Gasteiger partial charge is 0.496 e. The number of carbonyl (C=O) groups is 1. The molecule has 0 aromatic heterocycles. The summed E-state index contributed by atoms with van der Waals surface area (Å²) < 4.78 is 22.2. The normalized spacial score (nSPS) is 10.5. The Morgan fingerprint density at radius 3 is 2.26 bits per heavy atom. The number of esters is 1. The first-order valence-corrected chi connectivity index (χ1v) is 8.70. The summed E-state index contributed by atoms with van der Waals surface area (Å²) in [6.45, 7) is 2.43. The van der Waals surface area contributed by atoms with Crippen LogP contribution in [-0.4, -0.2) is 26.8 Å². The molecule has 0 N–H and O–H groups in total. The van der Waals surface area contributed by atoms with Gasteiger partial charge in [-0.1, -0.05) is 30.3 Å². The maximum atomic E-state index is 12.3. The van der Waals surface area contributed by atoms with Gasteiger partial charge in [0.1, 0.15) is 23.9 Å². The minimum absolute atomic E-state index is 0.298. The van der Waals surface area contributed by atoms with Crippen molar-refractivity contribution in [2.24, 2.45) is 0 Å². The lowest BCUT2D eigenvalue weighted by molar-refractivity contribution is 0.0526. The van der Waals surface area contributed by atoms with Crippen molar-refractivity contribution >= 4 is 16.7 Å². The topological polar surface area (TPSA) is 54.0 Å². The highest BCUT2D eigenvalue weighted by Crippen LogP contribution is 2.40. The molecule has 0 fully saturated rings. The molecule has 3 aromatic rings. The number of hydrogen-bond acceptors (Lipinski definition) is 5. The van der Waals surface area contributed by atoms with Crippen molar-refractivity contribution in [1.29, 1.82) is 0 Å². The van der Waals surface area contributed by atoms with Crippen molar-refractivity contribution in [1.82, 2.24) is 0 Å². The molecule has 0 saturated heterocycles. The number of carbonyl (C=O) groups excluding carboxylic acids is 1. The van der Waals surface area contributed by atoms with Gasteiger partial charge in [-0.2, -0.15) is 0 Å². The van der Waals surface area contributed by atoms with Crippen molar-refractivity contribution in [3.63, 3.8) is 0 Å². The first kappa shape index (κ1) is 18.6. The third-order valence-corrected chi connectivity index (χ3v) is 4.19. The number of rotatable bonds is 7. The van der Waals surface area contributed by atoms with E-state index in [0.717, 1.165) is 16.3 Å². The number of hydrogen-bond donors (Lipinski definition) is 0. The standard InChI is InChI=1S/C22H22O5/c1-4-26-22(23)16-12-17-18(24-2)10-11-19(25-3)21(17)20(13-16)27-14-15-8-6-5-7-9-15/h5-13H,4,14H2,1-3H3. The Kier molecular flexibility index (Phi) is 5.81. The molecule has 0 aliphatic carbocycles. The zero-order valence-electron chi connectivity index (χ0n) is 15.7. The minimum atomic E-state index is -0.408. The van der Waals surface area contributed by atoms with E-state index in [-0.39, 0.29) is 0 Å². The summed E-state index contributed by atoms with van der Waals surface area (Å²) in [7, 11) is 3.18. The lowest BCUT2D eigenvalue weighted by atomic mass is 10.0.